The molecule has 0 rings (SSSR count). The summed E-state index contributed by atoms with van der Waals surface area (Å²) < 4.78 is 0. The van der Waals surface area contributed by atoms with E-state index in [0.717, 1.165) is 21.2 Å². The van der Waals surface area contributed by atoms with Crippen molar-refractivity contribution in [3.05, 3.63) is 48.3 Å². The minimum absolute atomic E-state index is 0.214. The Morgan fingerprint density at radius 3 is 2.20 bits per heavy atom. The number of hydrogen-bond acceptors (Lipinski definition) is 0. The smallest absolute Gasteiger partial charge is 0.00635 e. The molecular formula is C19H33P. The minimum Gasteiger partial charge on any atom is -0.0988 e. The first-order valence-electron chi connectivity index (χ1n) is 7.54. The molecule has 0 bridgehead atoms. The van der Waals surface area contributed by atoms with Gasteiger partial charge in [0.1, 0.15) is 0 Å². The van der Waals surface area contributed by atoms with Crippen molar-refractivity contribution in [1.29, 1.82) is 0 Å². The van der Waals surface area contributed by atoms with Gasteiger partial charge >= 0.3 is 0 Å². The van der Waals surface area contributed by atoms with Crippen molar-refractivity contribution < 1.29 is 0 Å². The average molecular weight is 292 g/mol. The Labute approximate surface area is 128 Å². The maximum atomic E-state index is 4.20. The predicted molar refractivity (Wildman–Crippen MR) is 97.9 cm³/mol. The Kier molecular flexibility index (Phi) is 8.36. The largest absolute Gasteiger partial charge is 0.0988 e. The number of hydrogen-bond donors (Lipinski definition) is 0. The van der Waals surface area contributed by atoms with E-state index in [4.69, 9.17) is 0 Å². The predicted octanol–water partition coefficient (Wildman–Crippen LogP) is 6.72. The van der Waals surface area contributed by atoms with E-state index in [0.29, 0.717) is 5.41 Å². The lowest BCUT2D eigenvalue weighted by atomic mass is 9.86. The van der Waals surface area contributed by atoms with Gasteiger partial charge in [0, 0.05) is 0 Å². The summed E-state index contributed by atoms with van der Waals surface area (Å²) in [5.41, 5.74) is 1.92. The molecule has 0 spiro atoms. The second-order valence-electron chi connectivity index (χ2n) is 7.18. The Balaban J connectivity index is 4.40. The minimum atomic E-state index is 0.214. The second kappa shape index (κ2) is 8.63. The molecule has 114 valence electrons. The fraction of sp³-hybridized carbons (Fsp3) is 0.579. The van der Waals surface area contributed by atoms with Crippen LogP contribution in [0.5, 0.6) is 0 Å². The SMILES string of the molecule is C=C/C(=C\C=C/CC(C)(C)CC)CPC(=C)C(C)(C)C. The zero-order chi connectivity index (χ0) is 15.8. The lowest BCUT2D eigenvalue weighted by molar-refractivity contribution is 0.357. The highest BCUT2D eigenvalue weighted by molar-refractivity contribution is 7.43. The van der Waals surface area contributed by atoms with Crippen LogP contribution >= 0.6 is 8.58 Å². The van der Waals surface area contributed by atoms with Crippen LogP contribution in [0.3, 0.4) is 0 Å². The molecule has 0 amide bonds. The van der Waals surface area contributed by atoms with Gasteiger partial charge in [-0.25, -0.2) is 0 Å². The van der Waals surface area contributed by atoms with Crippen molar-refractivity contribution in [1.82, 2.24) is 0 Å². The number of rotatable bonds is 8. The molecule has 0 aliphatic heterocycles. The average Bonchev–Trinajstić information content (AvgIpc) is 2.36. The Hall–Kier alpha value is -0.610. The molecule has 0 aromatic carbocycles. The van der Waals surface area contributed by atoms with E-state index in [2.05, 4.69) is 72.9 Å². The van der Waals surface area contributed by atoms with Gasteiger partial charge in [0.2, 0.25) is 0 Å². The summed E-state index contributed by atoms with van der Waals surface area (Å²) in [6.07, 6.45) is 12.0. The lowest BCUT2D eigenvalue weighted by Gasteiger charge is -2.21. The molecule has 0 saturated heterocycles. The second-order valence-corrected chi connectivity index (χ2v) is 8.49. The summed E-state index contributed by atoms with van der Waals surface area (Å²) in [7, 11) is 0.778. The third-order valence-electron chi connectivity index (χ3n) is 3.75. The van der Waals surface area contributed by atoms with Crippen LogP contribution in [0.1, 0.15) is 54.4 Å². The first-order chi connectivity index (χ1) is 9.12. The van der Waals surface area contributed by atoms with E-state index in [-0.39, 0.29) is 5.41 Å². The molecule has 20 heavy (non-hydrogen) atoms. The maximum absolute atomic E-state index is 4.20. The molecular weight excluding hydrogens is 259 g/mol. The van der Waals surface area contributed by atoms with Gasteiger partial charge in [0.05, 0.1) is 0 Å². The molecule has 0 radical (unpaired) electrons. The molecule has 0 aliphatic rings. The third kappa shape index (κ3) is 8.54. The van der Waals surface area contributed by atoms with Crippen LogP contribution in [0, 0.1) is 10.8 Å². The fourth-order valence-corrected chi connectivity index (χ4v) is 2.61. The summed E-state index contributed by atoms with van der Waals surface area (Å²) in [6, 6.07) is 0. The van der Waals surface area contributed by atoms with Crippen LogP contribution in [0.2, 0.25) is 0 Å². The molecule has 0 aromatic heterocycles. The van der Waals surface area contributed by atoms with Crippen molar-refractivity contribution in [2.24, 2.45) is 10.8 Å². The van der Waals surface area contributed by atoms with Gasteiger partial charge in [-0.05, 0) is 29.0 Å². The van der Waals surface area contributed by atoms with Crippen LogP contribution in [-0.4, -0.2) is 6.16 Å². The van der Waals surface area contributed by atoms with Gasteiger partial charge < -0.3 is 0 Å². The highest BCUT2D eigenvalue weighted by Gasteiger charge is 2.14. The highest BCUT2D eigenvalue weighted by Crippen LogP contribution is 2.38. The Morgan fingerprint density at radius 2 is 1.75 bits per heavy atom. The van der Waals surface area contributed by atoms with E-state index >= 15 is 0 Å². The normalized spacial score (nSPS) is 14.4. The standard InChI is InChI=1S/C19H33P/c1-9-17(15-20-16(3)18(4,5)6)13-11-12-14-19(7,8)10-2/h9,11-13,20H,1,3,10,14-15H2,2,4-8H3/b12-11-,17-13+. The monoisotopic (exact) mass is 292 g/mol. The van der Waals surface area contributed by atoms with E-state index in [1.54, 1.807) is 0 Å². The molecule has 0 N–H and O–H groups in total. The summed E-state index contributed by atoms with van der Waals surface area (Å²) in [5, 5.41) is 1.33. The van der Waals surface area contributed by atoms with Gasteiger partial charge in [-0.15, -0.1) is 0 Å². The van der Waals surface area contributed by atoms with Crippen molar-refractivity contribution in [2.75, 3.05) is 6.16 Å². The summed E-state index contributed by atoms with van der Waals surface area (Å²) in [6.45, 7) is 21.7. The highest BCUT2D eigenvalue weighted by atomic mass is 31.1. The molecule has 0 nitrogen and oxygen atoms in total. The van der Waals surface area contributed by atoms with E-state index in [9.17, 15) is 0 Å². The summed E-state index contributed by atoms with van der Waals surface area (Å²) >= 11 is 0. The van der Waals surface area contributed by atoms with Crippen LogP contribution in [0.4, 0.5) is 0 Å². The molecule has 1 heteroatoms. The first kappa shape index (κ1) is 19.4. The summed E-state index contributed by atoms with van der Waals surface area (Å²) in [4.78, 5) is 0. The molecule has 0 fully saturated rings. The molecule has 1 unspecified atom stereocenters. The van der Waals surface area contributed by atoms with Crippen molar-refractivity contribution in [3.8, 4) is 0 Å². The molecule has 0 aromatic rings. The van der Waals surface area contributed by atoms with Gasteiger partial charge in [0.15, 0.2) is 0 Å². The topological polar surface area (TPSA) is 0 Å². The van der Waals surface area contributed by atoms with E-state index < -0.39 is 0 Å². The van der Waals surface area contributed by atoms with Gasteiger partial charge in [-0.2, -0.15) is 0 Å². The zero-order valence-corrected chi connectivity index (χ0v) is 15.3. The fourth-order valence-electron chi connectivity index (χ4n) is 1.40. The van der Waals surface area contributed by atoms with Crippen LogP contribution < -0.4 is 0 Å². The van der Waals surface area contributed by atoms with Gasteiger partial charge in [-0.1, -0.05) is 99.3 Å². The van der Waals surface area contributed by atoms with E-state index in [1.807, 2.05) is 6.08 Å². The van der Waals surface area contributed by atoms with Gasteiger partial charge in [0.25, 0.3) is 0 Å². The van der Waals surface area contributed by atoms with Crippen LogP contribution in [-0.2, 0) is 0 Å². The Bertz CT molecular complexity index is 375. The zero-order valence-electron chi connectivity index (χ0n) is 14.3. The van der Waals surface area contributed by atoms with E-state index in [1.165, 1.54) is 17.3 Å². The van der Waals surface area contributed by atoms with Crippen LogP contribution in [0.25, 0.3) is 0 Å². The molecule has 0 heterocycles. The van der Waals surface area contributed by atoms with Crippen LogP contribution in [0.15, 0.2) is 48.3 Å². The number of allylic oxidation sites excluding steroid dienone is 6. The van der Waals surface area contributed by atoms with Gasteiger partial charge in [-0.3, -0.25) is 0 Å². The van der Waals surface area contributed by atoms with Crippen molar-refractivity contribution in [3.63, 3.8) is 0 Å². The summed E-state index contributed by atoms with van der Waals surface area (Å²) in [5.74, 6) is 0. The van der Waals surface area contributed by atoms with Crippen molar-refractivity contribution >= 4 is 8.58 Å². The molecule has 0 saturated carbocycles. The molecule has 0 aliphatic carbocycles. The lowest BCUT2D eigenvalue weighted by Crippen LogP contribution is -2.07. The maximum Gasteiger partial charge on any atom is -0.00635 e. The first-order valence-corrected chi connectivity index (χ1v) is 8.74. The third-order valence-corrected chi connectivity index (χ3v) is 5.51. The molecule has 1 atom stereocenters. The Morgan fingerprint density at radius 1 is 1.15 bits per heavy atom. The quantitative estimate of drug-likeness (QED) is 0.344. The van der Waals surface area contributed by atoms with Crippen molar-refractivity contribution in [2.45, 2.75) is 54.4 Å².